The number of ether oxygens (including phenoxy) is 2. The minimum atomic E-state index is -0.981. The lowest BCUT2D eigenvalue weighted by atomic mass is 10.0. The van der Waals surface area contributed by atoms with Gasteiger partial charge in [0, 0.05) is 19.2 Å². The number of likely N-dealkylation sites (tertiary alicyclic amines) is 1. The molecule has 1 aromatic rings. The number of carbonyl (C=O) groups excluding carboxylic acids is 4. The van der Waals surface area contributed by atoms with Gasteiger partial charge in [-0.3, -0.25) is 19.3 Å². The maximum atomic E-state index is 12.8. The third-order valence-electron chi connectivity index (χ3n) is 4.91. The van der Waals surface area contributed by atoms with Crippen LogP contribution in [0, 0.1) is 0 Å². The second kappa shape index (κ2) is 7.26. The second-order valence-electron chi connectivity index (χ2n) is 6.39. The Morgan fingerprint density at radius 1 is 1.15 bits per heavy atom. The Kier molecular flexibility index (Phi) is 5.02. The Hall–Kier alpha value is -3.10. The van der Waals surface area contributed by atoms with Gasteiger partial charge in [-0.15, -0.1) is 0 Å². The summed E-state index contributed by atoms with van der Waals surface area (Å²) in [5, 5.41) is 0. The van der Waals surface area contributed by atoms with Crippen LogP contribution in [-0.4, -0.2) is 72.8 Å². The van der Waals surface area contributed by atoms with Gasteiger partial charge < -0.3 is 14.4 Å². The van der Waals surface area contributed by atoms with E-state index >= 15 is 0 Å². The van der Waals surface area contributed by atoms with Crippen LogP contribution >= 0.6 is 0 Å². The summed E-state index contributed by atoms with van der Waals surface area (Å²) in [6, 6.07) is 4.32. The molecule has 2 fully saturated rings. The van der Waals surface area contributed by atoms with E-state index in [0.29, 0.717) is 27.8 Å². The van der Waals surface area contributed by atoms with E-state index < -0.39 is 30.3 Å². The van der Waals surface area contributed by atoms with Crippen molar-refractivity contribution >= 4 is 23.8 Å². The Bertz CT molecular complexity index is 808. The summed E-state index contributed by atoms with van der Waals surface area (Å²) in [6.07, 6.45) is 1.49. The summed E-state index contributed by atoms with van der Waals surface area (Å²) < 4.78 is 10.7. The molecule has 0 saturated carbocycles. The Morgan fingerprint density at radius 3 is 2.48 bits per heavy atom. The van der Waals surface area contributed by atoms with Crippen molar-refractivity contribution in [3.05, 3.63) is 23.8 Å². The van der Waals surface area contributed by atoms with Crippen molar-refractivity contribution < 1.29 is 28.7 Å². The van der Waals surface area contributed by atoms with Crippen molar-refractivity contribution in [2.45, 2.75) is 18.9 Å². The van der Waals surface area contributed by atoms with Gasteiger partial charge in [0.05, 0.1) is 20.3 Å². The third-order valence-corrected chi connectivity index (χ3v) is 4.91. The highest BCUT2D eigenvalue weighted by Gasteiger charge is 2.44. The Labute approximate surface area is 156 Å². The number of benzene rings is 1. The third kappa shape index (κ3) is 3.20. The molecule has 0 aromatic heterocycles. The molecule has 2 heterocycles. The van der Waals surface area contributed by atoms with Gasteiger partial charge in [0.25, 0.3) is 0 Å². The molecule has 144 valence electrons. The van der Waals surface area contributed by atoms with Gasteiger partial charge in [0.2, 0.25) is 5.91 Å². The van der Waals surface area contributed by atoms with Gasteiger partial charge in [0.15, 0.2) is 0 Å². The number of nitrogens with zero attached hydrogens (tertiary/aromatic N) is 3. The van der Waals surface area contributed by atoms with Crippen molar-refractivity contribution in [2.24, 2.45) is 0 Å². The van der Waals surface area contributed by atoms with Crippen LogP contribution in [0.5, 0.6) is 11.5 Å². The van der Waals surface area contributed by atoms with Crippen molar-refractivity contribution in [3.8, 4) is 11.5 Å². The predicted molar refractivity (Wildman–Crippen MR) is 93.1 cm³/mol. The average Bonchev–Trinajstić information content (AvgIpc) is 3.24. The summed E-state index contributed by atoms with van der Waals surface area (Å²) >= 11 is 0. The lowest BCUT2D eigenvalue weighted by Crippen LogP contribution is -2.43. The molecule has 2 aliphatic heterocycles. The number of carbonyl (C=O) groups is 4. The number of imide groups is 2. The highest BCUT2D eigenvalue weighted by atomic mass is 16.5. The van der Waals surface area contributed by atoms with Crippen molar-refractivity contribution in [1.82, 2.24) is 14.7 Å². The number of hydrogen-bond acceptors (Lipinski definition) is 6. The number of methoxy groups -OCH3 is 2. The van der Waals surface area contributed by atoms with Gasteiger partial charge in [-0.25, -0.2) is 9.69 Å². The summed E-state index contributed by atoms with van der Waals surface area (Å²) in [5.74, 6) is -1.04. The topological polar surface area (TPSA) is 96.5 Å². The molecule has 1 atom stereocenters. The van der Waals surface area contributed by atoms with Crippen LogP contribution < -0.4 is 9.47 Å². The molecule has 1 aromatic carbocycles. The largest absolute Gasteiger partial charge is 0.497 e. The predicted octanol–water partition coefficient (Wildman–Crippen LogP) is 0.788. The van der Waals surface area contributed by atoms with E-state index in [9.17, 15) is 19.2 Å². The molecule has 2 saturated heterocycles. The normalized spacial score (nSPS) is 19.9. The van der Waals surface area contributed by atoms with Crippen molar-refractivity contribution in [3.63, 3.8) is 0 Å². The van der Waals surface area contributed by atoms with Crippen LogP contribution in [0.1, 0.15) is 24.4 Å². The standard InChI is InChI=1S/C18H21N3O6/c1-19-16(23)17(24)21(18(19)25)10-15(22)20-8-4-5-13(20)12-9-11(26-2)6-7-14(12)27-3/h6-7,9,13H,4-5,8,10H2,1-3H3/t13-/m0/s1. The summed E-state index contributed by atoms with van der Waals surface area (Å²) in [5.41, 5.74) is 0.801. The lowest BCUT2D eigenvalue weighted by molar-refractivity contribution is -0.144. The fraction of sp³-hybridized carbons (Fsp3) is 0.444. The molecular formula is C18H21N3O6. The first-order valence-electron chi connectivity index (χ1n) is 8.54. The number of rotatable bonds is 5. The monoisotopic (exact) mass is 375 g/mol. The van der Waals surface area contributed by atoms with E-state index in [-0.39, 0.29) is 6.04 Å². The molecular weight excluding hydrogens is 354 g/mol. The van der Waals surface area contributed by atoms with Crippen LogP contribution in [0.4, 0.5) is 4.79 Å². The summed E-state index contributed by atoms with van der Waals surface area (Å²) in [7, 11) is 4.32. The van der Waals surface area contributed by atoms with E-state index in [1.807, 2.05) is 6.07 Å². The Balaban J connectivity index is 1.83. The maximum Gasteiger partial charge on any atom is 0.334 e. The zero-order valence-corrected chi connectivity index (χ0v) is 15.4. The molecule has 5 amide bonds. The minimum absolute atomic E-state index is 0.260. The van der Waals surface area contributed by atoms with Gasteiger partial charge in [-0.05, 0) is 31.0 Å². The van der Waals surface area contributed by atoms with Crippen LogP contribution in [0.2, 0.25) is 0 Å². The number of likely N-dealkylation sites (N-methyl/N-ethyl adjacent to an activating group) is 1. The maximum absolute atomic E-state index is 12.8. The van der Waals surface area contributed by atoms with Gasteiger partial charge >= 0.3 is 17.8 Å². The molecule has 0 radical (unpaired) electrons. The lowest BCUT2D eigenvalue weighted by Gasteiger charge is -2.27. The van der Waals surface area contributed by atoms with Crippen LogP contribution in [-0.2, 0) is 14.4 Å². The summed E-state index contributed by atoms with van der Waals surface area (Å²) in [4.78, 5) is 51.4. The minimum Gasteiger partial charge on any atom is -0.497 e. The van der Waals surface area contributed by atoms with Gasteiger partial charge in [-0.1, -0.05) is 0 Å². The highest BCUT2D eigenvalue weighted by molar-refractivity contribution is 6.44. The highest BCUT2D eigenvalue weighted by Crippen LogP contribution is 2.39. The molecule has 9 nitrogen and oxygen atoms in total. The van der Waals surface area contributed by atoms with Crippen LogP contribution in [0.25, 0.3) is 0 Å². The van der Waals surface area contributed by atoms with E-state index in [1.54, 1.807) is 31.3 Å². The molecule has 0 N–H and O–H groups in total. The van der Waals surface area contributed by atoms with E-state index in [1.165, 1.54) is 7.05 Å². The van der Waals surface area contributed by atoms with Crippen LogP contribution in [0.3, 0.4) is 0 Å². The summed E-state index contributed by atoms with van der Waals surface area (Å²) in [6.45, 7) is 0.0282. The zero-order valence-electron chi connectivity index (χ0n) is 15.4. The zero-order chi connectivity index (χ0) is 19.7. The molecule has 0 unspecified atom stereocenters. The number of hydrogen-bond donors (Lipinski definition) is 0. The molecule has 0 bridgehead atoms. The first-order valence-corrected chi connectivity index (χ1v) is 8.54. The Morgan fingerprint density at radius 2 is 1.89 bits per heavy atom. The fourth-order valence-electron chi connectivity index (χ4n) is 3.47. The quantitative estimate of drug-likeness (QED) is 0.558. The first-order chi connectivity index (χ1) is 12.9. The van der Waals surface area contributed by atoms with Crippen molar-refractivity contribution in [2.75, 3.05) is 34.4 Å². The molecule has 0 aliphatic carbocycles. The molecule has 27 heavy (non-hydrogen) atoms. The van der Waals surface area contributed by atoms with Gasteiger partial charge in [0.1, 0.15) is 18.0 Å². The fourth-order valence-corrected chi connectivity index (χ4v) is 3.47. The molecule has 0 spiro atoms. The van der Waals surface area contributed by atoms with Crippen molar-refractivity contribution in [1.29, 1.82) is 0 Å². The SMILES string of the molecule is COc1ccc(OC)c([C@@H]2CCCN2C(=O)CN2C(=O)C(=O)N(C)C2=O)c1. The van der Waals surface area contributed by atoms with Gasteiger partial charge in [-0.2, -0.15) is 0 Å². The first kappa shape index (κ1) is 18.7. The smallest absolute Gasteiger partial charge is 0.334 e. The van der Waals surface area contributed by atoms with E-state index in [4.69, 9.17) is 9.47 Å². The molecule has 3 rings (SSSR count). The van der Waals surface area contributed by atoms with E-state index in [0.717, 1.165) is 18.4 Å². The van der Waals surface area contributed by atoms with E-state index in [2.05, 4.69) is 0 Å². The second-order valence-corrected chi connectivity index (χ2v) is 6.39. The molecule has 9 heteroatoms. The van der Waals surface area contributed by atoms with Crippen LogP contribution in [0.15, 0.2) is 18.2 Å². The molecule has 2 aliphatic rings. The number of amides is 5. The number of urea groups is 1. The average molecular weight is 375 g/mol.